The summed E-state index contributed by atoms with van der Waals surface area (Å²) in [4.78, 5) is 17.9. The molecule has 20 heavy (non-hydrogen) atoms. The van der Waals surface area contributed by atoms with Gasteiger partial charge < -0.3 is 14.2 Å². The number of carbonyl (C=O) groups excluding carboxylic acids is 1. The molecule has 0 aliphatic carbocycles. The molecule has 1 fully saturated rings. The highest BCUT2D eigenvalue weighted by atomic mass is 35.5. The summed E-state index contributed by atoms with van der Waals surface area (Å²) in [6.45, 7) is 6.88. The summed E-state index contributed by atoms with van der Waals surface area (Å²) < 4.78 is 10.4. The van der Waals surface area contributed by atoms with Crippen LogP contribution in [0.1, 0.15) is 51.2 Å². The molecule has 0 unspecified atom stereocenters. The van der Waals surface area contributed by atoms with E-state index >= 15 is 0 Å². The highest BCUT2D eigenvalue weighted by molar-refractivity contribution is 6.16. The zero-order chi connectivity index (χ0) is 14.8. The molecule has 1 aromatic rings. The van der Waals surface area contributed by atoms with Gasteiger partial charge in [-0.15, -0.1) is 11.6 Å². The first-order valence-electron chi connectivity index (χ1n) is 6.75. The van der Waals surface area contributed by atoms with E-state index in [-0.39, 0.29) is 17.9 Å². The van der Waals surface area contributed by atoms with Crippen LogP contribution in [0, 0.1) is 0 Å². The van der Waals surface area contributed by atoms with Gasteiger partial charge in [0.2, 0.25) is 5.89 Å². The monoisotopic (exact) mass is 301 g/mol. The number of nitrogens with zero attached hydrogens (tertiary/aromatic N) is 3. The van der Waals surface area contributed by atoms with E-state index in [9.17, 15) is 4.79 Å². The summed E-state index contributed by atoms with van der Waals surface area (Å²) >= 11 is 5.64. The predicted octanol–water partition coefficient (Wildman–Crippen LogP) is 2.92. The zero-order valence-corrected chi connectivity index (χ0v) is 12.8. The van der Waals surface area contributed by atoms with Crippen LogP contribution in [0.2, 0.25) is 0 Å². The minimum absolute atomic E-state index is 0.217. The number of ether oxygens (including phenoxy) is 1. The molecular formula is C13H20ClN3O3. The van der Waals surface area contributed by atoms with Crippen molar-refractivity contribution in [2.45, 2.75) is 51.0 Å². The molecule has 1 saturated heterocycles. The summed E-state index contributed by atoms with van der Waals surface area (Å²) in [5.74, 6) is 1.57. The Labute approximate surface area is 123 Å². The summed E-state index contributed by atoms with van der Waals surface area (Å²) in [5.41, 5.74) is -0.461. The molecule has 0 spiro atoms. The van der Waals surface area contributed by atoms with E-state index < -0.39 is 5.60 Å². The van der Waals surface area contributed by atoms with Gasteiger partial charge in [-0.1, -0.05) is 5.16 Å². The van der Waals surface area contributed by atoms with Gasteiger partial charge in [-0.2, -0.15) is 4.98 Å². The van der Waals surface area contributed by atoms with Crippen molar-refractivity contribution in [2.75, 3.05) is 13.1 Å². The largest absolute Gasteiger partial charge is 0.444 e. The first-order chi connectivity index (χ1) is 9.39. The van der Waals surface area contributed by atoms with E-state index in [0.717, 1.165) is 12.8 Å². The van der Waals surface area contributed by atoms with Gasteiger partial charge in [0.05, 0.1) is 0 Å². The average Bonchev–Trinajstić information content (AvgIpc) is 2.85. The molecule has 112 valence electrons. The quantitative estimate of drug-likeness (QED) is 0.786. The third-order valence-corrected chi connectivity index (χ3v) is 3.34. The number of likely N-dealkylation sites (tertiary alicyclic amines) is 1. The molecule has 1 aliphatic heterocycles. The molecule has 0 atom stereocenters. The fourth-order valence-electron chi connectivity index (χ4n) is 2.13. The summed E-state index contributed by atoms with van der Waals surface area (Å²) in [5, 5.41) is 3.93. The van der Waals surface area contributed by atoms with E-state index in [0.29, 0.717) is 24.8 Å². The summed E-state index contributed by atoms with van der Waals surface area (Å²) in [7, 11) is 0. The molecule has 2 heterocycles. The minimum Gasteiger partial charge on any atom is -0.444 e. The standard InChI is InChI=1S/C13H20ClN3O3/c1-13(2,3)19-12(18)17-6-4-9(5-7-17)11-15-10(8-14)20-16-11/h9H,4-8H2,1-3H3. The second-order valence-electron chi connectivity index (χ2n) is 5.92. The van der Waals surface area contributed by atoms with E-state index in [1.165, 1.54) is 0 Å². The Morgan fingerprint density at radius 2 is 2.10 bits per heavy atom. The molecule has 2 rings (SSSR count). The van der Waals surface area contributed by atoms with Crippen LogP contribution in [0.5, 0.6) is 0 Å². The molecule has 0 aromatic carbocycles. The van der Waals surface area contributed by atoms with Crippen LogP contribution in [-0.2, 0) is 10.6 Å². The molecule has 1 aromatic heterocycles. The van der Waals surface area contributed by atoms with Gasteiger partial charge in [-0.3, -0.25) is 0 Å². The first kappa shape index (κ1) is 15.1. The Balaban J connectivity index is 1.87. The topological polar surface area (TPSA) is 68.5 Å². The van der Waals surface area contributed by atoms with Gasteiger partial charge in [-0.05, 0) is 33.6 Å². The lowest BCUT2D eigenvalue weighted by Crippen LogP contribution is -2.41. The number of halogens is 1. The number of rotatable bonds is 2. The van der Waals surface area contributed by atoms with Gasteiger partial charge in [0, 0.05) is 19.0 Å². The van der Waals surface area contributed by atoms with Crippen LogP contribution < -0.4 is 0 Å². The van der Waals surface area contributed by atoms with Crippen molar-refractivity contribution < 1.29 is 14.1 Å². The van der Waals surface area contributed by atoms with Crippen LogP contribution in [0.4, 0.5) is 4.79 Å². The second kappa shape index (κ2) is 5.99. The SMILES string of the molecule is CC(C)(C)OC(=O)N1CCC(c2noc(CCl)n2)CC1. The highest BCUT2D eigenvalue weighted by Gasteiger charge is 2.29. The lowest BCUT2D eigenvalue weighted by Gasteiger charge is -2.32. The molecule has 0 bridgehead atoms. The van der Waals surface area contributed by atoms with Gasteiger partial charge in [0.25, 0.3) is 0 Å². The first-order valence-corrected chi connectivity index (χ1v) is 7.29. The van der Waals surface area contributed by atoms with Gasteiger partial charge in [0.1, 0.15) is 11.5 Å². The molecule has 6 nitrogen and oxygen atoms in total. The molecule has 0 N–H and O–H groups in total. The maximum Gasteiger partial charge on any atom is 0.410 e. The number of carbonyl (C=O) groups is 1. The van der Waals surface area contributed by atoms with E-state index in [1.807, 2.05) is 20.8 Å². The molecular weight excluding hydrogens is 282 g/mol. The smallest absolute Gasteiger partial charge is 0.410 e. The number of hydrogen-bond acceptors (Lipinski definition) is 5. The van der Waals surface area contributed by atoms with E-state index in [1.54, 1.807) is 4.90 Å². The van der Waals surface area contributed by atoms with Crippen molar-refractivity contribution in [3.63, 3.8) is 0 Å². The highest BCUT2D eigenvalue weighted by Crippen LogP contribution is 2.27. The maximum absolute atomic E-state index is 11.9. The number of aromatic nitrogens is 2. The van der Waals surface area contributed by atoms with Crippen molar-refractivity contribution in [1.82, 2.24) is 15.0 Å². The Hall–Kier alpha value is -1.30. The lowest BCUT2D eigenvalue weighted by atomic mass is 9.96. The average molecular weight is 302 g/mol. The normalized spacial score (nSPS) is 17.3. The molecule has 1 amide bonds. The predicted molar refractivity (Wildman–Crippen MR) is 73.6 cm³/mol. The third kappa shape index (κ3) is 3.85. The fourth-order valence-corrected chi connectivity index (χ4v) is 2.24. The van der Waals surface area contributed by atoms with Crippen molar-refractivity contribution >= 4 is 17.7 Å². The van der Waals surface area contributed by atoms with Crippen molar-refractivity contribution in [2.24, 2.45) is 0 Å². The molecule has 1 aliphatic rings. The van der Waals surface area contributed by atoms with Gasteiger partial charge in [0.15, 0.2) is 5.82 Å². The minimum atomic E-state index is -0.461. The molecule has 0 radical (unpaired) electrons. The van der Waals surface area contributed by atoms with Crippen molar-refractivity contribution in [3.8, 4) is 0 Å². The lowest BCUT2D eigenvalue weighted by molar-refractivity contribution is 0.0203. The molecule has 0 saturated carbocycles. The number of amides is 1. The van der Waals surface area contributed by atoms with Crippen LogP contribution in [0.15, 0.2) is 4.52 Å². The number of alkyl halides is 1. The van der Waals surface area contributed by atoms with Crippen LogP contribution in [0.25, 0.3) is 0 Å². The maximum atomic E-state index is 11.9. The van der Waals surface area contributed by atoms with Crippen LogP contribution >= 0.6 is 11.6 Å². The Morgan fingerprint density at radius 3 is 2.60 bits per heavy atom. The Bertz CT molecular complexity index is 462. The number of piperidine rings is 1. The van der Waals surface area contributed by atoms with Gasteiger partial charge >= 0.3 is 6.09 Å². The van der Waals surface area contributed by atoms with Crippen molar-refractivity contribution in [3.05, 3.63) is 11.7 Å². The summed E-state index contributed by atoms with van der Waals surface area (Å²) in [6.07, 6.45) is 1.35. The Kier molecular flexibility index (Phi) is 4.52. The number of hydrogen-bond donors (Lipinski definition) is 0. The third-order valence-electron chi connectivity index (χ3n) is 3.11. The van der Waals surface area contributed by atoms with E-state index in [2.05, 4.69) is 10.1 Å². The van der Waals surface area contributed by atoms with Crippen LogP contribution in [-0.4, -0.2) is 39.8 Å². The Morgan fingerprint density at radius 1 is 1.45 bits per heavy atom. The van der Waals surface area contributed by atoms with Crippen LogP contribution in [0.3, 0.4) is 0 Å². The van der Waals surface area contributed by atoms with E-state index in [4.69, 9.17) is 20.9 Å². The fraction of sp³-hybridized carbons (Fsp3) is 0.769. The second-order valence-corrected chi connectivity index (χ2v) is 6.19. The van der Waals surface area contributed by atoms with Crippen molar-refractivity contribution in [1.29, 1.82) is 0 Å². The summed E-state index contributed by atoms with van der Waals surface area (Å²) in [6, 6.07) is 0. The molecule has 7 heteroatoms. The zero-order valence-electron chi connectivity index (χ0n) is 12.1. The van der Waals surface area contributed by atoms with Gasteiger partial charge in [-0.25, -0.2) is 4.79 Å².